The van der Waals surface area contributed by atoms with Crippen LogP contribution in [0.25, 0.3) is 0 Å². The topological polar surface area (TPSA) is 41.1 Å². The minimum absolute atomic E-state index is 0.209. The highest BCUT2D eigenvalue weighted by molar-refractivity contribution is 5.76. The van der Waals surface area contributed by atoms with E-state index in [2.05, 4.69) is 10.6 Å². The highest BCUT2D eigenvalue weighted by atomic mass is 16.1. The predicted octanol–water partition coefficient (Wildman–Crippen LogP) is 0.655. The Balaban J connectivity index is 1.56. The van der Waals surface area contributed by atoms with Gasteiger partial charge in [0.05, 0.1) is 0 Å². The summed E-state index contributed by atoms with van der Waals surface area (Å²) < 4.78 is 0. The molecule has 1 saturated carbocycles. The summed E-state index contributed by atoms with van der Waals surface area (Å²) in [5.74, 6) is 1.21. The molecule has 1 aliphatic heterocycles. The molecule has 0 aromatic heterocycles. The average Bonchev–Trinajstić information content (AvgIpc) is 2.92. The predicted molar refractivity (Wildman–Crippen MR) is 51.4 cm³/mol. The van der Waals surface area contributed by atoms with Crippen molar-refractivity contribution in [1.82, 2.24) is 10.6 Å². The van der Waals surface area contributed by atoms with E-state index in [4.69, 9.17) is 0 Å². The summed E-state index contributed by atoms with van der Waals surface area (Å²) in [6.45, 7) is 1.95. The van der Waals surface area contributed by atoms with Gasteiger partial charge >= 0.3 is 0 Å². The summed E-state index contributed by atoms with van der Waals surface area (Å²) in [5, 5.41) is 6.38. The van der Waals surface area contributed by atoms with Crippen LogP contribution in [0.3, 0.4) is 0 Å². The largest absolute Gasteiger partial charge is 0.355 e. The van der Waals surface area contributed by atoms with Crippen molar-refractivity contribution in [2.24, 2.45) is 5.92 Å². The number of carbonyl (C=O) groups is 1. The van der Waals surface area contributed by atoms with Gasteiger partial charge in [0.15, 0.2) is 0 Å². The quantitative estimate of drug-likeness (QED) is 0.670. The van der Waals surface area contributed by atoms with Gasteiger partial charge in [-0.2, -0.15) is 0 Å². The molecule has 0 aromatic rings. The van der Waals surface area contributed by atoms with Crippen LogP contribution in [0.4, 0.5) is 0 Å². The van der Waals surface area contributed by atoms with E-state index in [0.717, 1.165) is 25.4 Å². The Morgan fingerprint density at radius 2 is 2.23 bits per heavy atom. The van der Waals surface area contributed by atoms with Crippen molar-refractivity contribution >= 4 is 5.91 Å². The summed E-state index contributed by atoms with van der Waals surface area (Å²) in [6.07, 6.45) is 5.90. The molecular formula is C10H18N2O. The maximum atomic E-state index is 10.9. The molecule has 3 nitrogen and oxygen atoms in total. The van der Waals surface area contributed by atoms with Crippen molar-refractivity contribution in [1.29, 1.82) is 0 Å². The van der Waals surface area contributed by atoms with Crippen molar-refractivity contribution in [3.63, 3.8) is 0 Å². The number of nitrogens with one attached hydrogen (secondary N) is 2. The zero-order chi connectivity index (χ0) is 9.10. The van der Waals surface area contributed by atoms with E-state index in [-0.39, 0.29) is 5.91 Å². The molecule has 2 rings (SSSR count). The minimum atomic E-state index is 0.209. The summed E-state index contributed by atoms with van der Waals surface area (Å²) in [6, 6.07) is 0.524. The third-order valence-electron chi connectivity index (χ3n) is 2.95. The van der Waals surface area contributed by atoms with Gasteiger partial charge in [0.25, 0.3) is 0 Å². The highest BCUT2D eigenvalue weighted by Gasteiger charge is 2.22. The SMILES string of the molecule is O=C1CCC(NCCC2CC2)CN1. The second-order valence-electron chi connectivity index (χ2n) is 4.23. The molecule has 1 saturated heterocycles. The molecule has 1 atom stereocenters. The molecule has 2 N–H and O–H groups in total. The lowest BCUT2D eigenvalue weighted by molar-refractivity contribution is -0.122. The molecule has 0 bridgehead atoms. The molecule has 3 heteroatoms. The van der Waals surface area contributed by atoms with E-state index in [0.29, 0.717) is 12.5 Å². The van der Waals surface area contributed by atoms with Crippen LogP contribution in [0.2, 0.25) is 0 Å². The van der Waals surface area contributed by atoms with E-state index in [1.807, 2.05) is 0 Å². The molecule has 0 aromatic carbocycles. The van der Waals surface area contributed by atoms with Gasteiger partial charge in [-0.05, 0) is 25.3 Å². The summed E-state index contributed by atoms with van der Waals surface area (Å²) in [5.41, 5.74) is 0. The average molecular weight is 182 g/mol. The zero-order valence-corrected chi connectivity index (χ0v) is 8.01. The first-order chi connectivity index (χ1) is 6.34. The van der Waals surface area contributed by atoms with E-state index < -0.39 is 0 Å². The van der Waals surface area contributed by atoms with E-state index >= 15 is 0 Å². The Labute approximate surface area is 79.3 Å². The fourth-order valence-corrected chi connectivity index (χ4v) is 1.81. The van der Waals surface area contributed by atoms with Crippen LogP contribution in [0.5, 0.6) is 0 Å². The van der Waals surface area contributed by atoms with Crippen LogP contribution in [0.1, 0.15) is 32.1 Å². The van der Waals surface area contributed by atoms with Gasteiger partial charge in [0, 0.05) is 19.0 Å². The van der Waals surface area contributed by atoms with E-state index in [1.165, 1.54) is 19.3 Å². The standard InChI is InChI=1S/C10H18N2O/c13-10-4-3-9(7-12-10)11-6-5-8-1-2-8/h8-9,11H,1-7H2,(H,12,13). The molecule has 1 amide bonds. The Morgan fingerprint density at radius 3 is 2.85 bits per heavy atom. The number of amides is 1. The van der Waals surface area contributed by atoms with Crippen molar-refractivity contribution in [3.8, 4) is 0 Å². The normalized spacial score (nSPS) is 28.6. The van der Waals surface area contributed by atoms with Crippen molar-refractivity contribution < 1.29 is 4.79 Å². The number of hydrogen-bond donors (Lipinski definition) is 2. The summed E-state index contributed by atoms with van der Waals surface area (Å²) in [7, 11) is 0. The lowest BCUT2D eigenvalue weighted by Gasteiger charge is -2.23. The van der Waals surface area contributed by atoms with Crippen molar-refractivity contribution in [2.45, 2.75) is 38.1 Å². The van der Waals surface area contributed by atoms with E-state index in [9.17, 15) is 4.79 Å². The lowest BCUT2D eigenvalue weighted by atomic mass is 10.1. The number of hydrogen-bond acceptors (Lipinski definition) is 2. The number of rotatable bonds is 4. The van der Waals surface area contributed by atoms with Crippen LogP contribution in [-0.2, 0) is 4.79 Å². The summed E-state index contributed by atoms with van der Waals surface area (Å²) in [4.78, 5) is 10.9. The first-order valence-electron chi connectivity index (χ1n) is 5.34. The second kappa shape index (κ2) is 4.09. The molecule has 13 heavy (non-hydrogen) atoms. The fraction of sp³-hybridized carbons (Fsp3) is 0.900. The smallest absolute Gasteiger partial charge is 0.220 e. The zero-order valence-electron chi connectivity index (χ0n) is 8.01. The van der Waals surface area contributed by atoms with Gasteiger partial charge in [0.1, 0.15) is 0 Å². The molecule has 0 radical (unpaired) electrons. The Kier molecular flexibility index (Phi) is 2.83. The molecular weight excluding hydrogens is 164 g/mol. The minimum Gasteiger partial charge on any atom is -0.355 e. The lowest BCUT2D eigenvalue weighted by Crippen LogP contribution is -2.45. The second-order valence-corrected chi connectivity index (χ2v) is 4.23. The third kappa shape index (κ3) is 2.99. The maximum Gasteiger partial charge on any atom is 0.220 e. The number of piperidine rings is 1. The van der Waals surface area contributed by atoms with Crippen molar-refractivity contribution in [2.75, 3.05) is 13.1 Å². The molecule has 1 unspecified atom stereocenters. The van der Waals surface area contributed by atoms with Crippen LogP contribution < -0.4 is 10.6 Å². The van der Waals surface area contributed by atoms with Gasteiger partial charge < -0.3 is 10.6 Å². The first kappa shape index (κ1) is 9.00. The Bertz CT molecular complexity index is 179. The van der Waals surface area contributed by atoms with Gasteiger partial charge in [-0.3, -0.25) is 4.79 Å². The number of carbonyl (C=O) groups excluding carboxylic acids is 1. The monoisotopic (exact) mass is 182 g/mol. The summed E-state index contributed by atoms with van der Waals surface area (Å²) >= 11 is 0. The van der Waals surface area contributed by atoms with Crippen LogP contribution in [-0.4, -0.2) is 25.0 Å². The van der Waals surface area contributed by atoms with Gasteiger partial charge in [-0.15, -0.1) is 0 Å². The van der Waals surface area contributed by atoms with Crippen LogP contribution in [0.15, 0.2) is 0 Å². The fourth-order valence-electron chi connectivity index (χ4n) is 1.81. The maximum absolute atomic E-state index is 10.9. The molecule has 1 aliphatic carbocycles. The van der Waals surface area contributed by atoms with Crippen molar-refractivity contribution in [3.05, 3.63) is 0 Å². The molecule has 74 valence electrons. The Morgan fingerprint density at radius 1 is 1.38 bits per heavy atom. The van der Waals surface area contributed by atoms with Crippen LogP contribution in [0, 0.1) is 5.92 Å². The molecule has 1 heterocycles. The Hall–Kier alpha value is -0.570. The molecule has 2 fully saturated rings. The molecule has 2 aliphatic rings. The first-order valence-corrected chi connectivity index (χ1v) is 5.34. The third-order valence-corrected chi connectivity index (χ3v) is 2.95. The van der Waals surface area contributed by atoms with E-state index in [1.54, 1.807) is 0 Å². The van der Waals surface area contributed by atoms with Gasteiger partial charge in [-0.1, -0.05) is 12.8 Å². The van der Waals surface area contributed by atoms with Gasteiger partial charge in [0.2, 0.25) is 5.91 Å². The van der Waals surface area contributed by atoms with Crippen LogP contribution >= 0.6 is 0 Å². The molecule has 0 spiro atoms. The highest BCUT2D eigenvalue weighted by Crippen LogP contribution is 2.31. The van der Waals surface area contributed by atoms with Gasteiger partial charge in [-0.25, -0.2) is 0 Å².